The molecule has 1 saturated heterocycles. The summed E-state index contributed by atoms with van der Waals surface area (Å²) in [6.07, 6.45) is 1.28. The summed E-state index contributed by atoms with van der Waals surface area (Å²) in [5.41, 5.74) is 1.12. The van der Waals surface area contributed by atoms with Crippen molar-refractivity contribution < 1.29 is 13.9 Å². The fraction of sp³-hybridized carbons (Fsp3) is 0.238. The molecule has 2 aromatic carbocycles. The normalized spacial score (nSPS) is 14.4. The number of benzene rings is 2. The zero-order valence-corrected chi connectivity index (χ0v) is 15.1. The van der Waals surface area contributed by atoms with Crippen LogP contribution in [-0.2, 0) is 0 Å². The number of nitrogens with zero attached hydrogens (tertiary/aromatic N) is 2. The van der Waals surface area contributed by atoms with E-state index in [0.29, 0.717) is 29.4 Å². The molecule has 1 aliphatic rings. The molecule has 138 valence electrons. The first-order valence-corrected chi connectivity index (χ1v) is 8.86. The summed E-state index contributed by atoms with van der Waals surface area (Å²) in [7, 11) is 1.65. The van der Waals surface area contributed by atoms with Gasteiger partial charge in [0, 0.05) is 37.3 Å². The first kappa shape index (κ1) is 17.1. The van der Waals surface area contributed by atoms with Gasteiger partial charge >= 0.3 is 5.63 Å². The minimum absolute atomic E-state index is 0.107. The van der Waals surface area contributed by atoms with Crippen molar-refractivity contribution in [2.45, 2.75) is 0 Å². The molecular formula is C21H20N2O4. The highest BCUT2D eigenvalue weighted by molar-refractivity contribution is 6.06. The second kappa shape index (κ2) is 7.15. The SMILES string of the molecule is COc1ccc(N2CCN(C(=O)c3coc(=O)c4ccccc34)CC2)cc1. The van der Waals surface area contributed by atoms with E-state index in [9.17, 15) is 9.59 Å². The van der Waals surface area contributed by atoms with Gasteiger partial charge in [-0.05, 0) is 30.3 Å². The van der Waals surface area contributed by atoms with Crippen LogP contribution >= 0.6 is 0 Å². The molecule has 0 saturated carbocycles. The van der Waals surface area contributed by atoms with Crippen LogP contribution in [0.3, 0.4) is 0 Å². The number of hydrogen-bond acceptors (Lipinski definition) is 5. The first-order valence-electron chi connectivity index (χ1n) is 8.86. The molecule has 0 aliphatic carbocycles. The van der Waals surface area contributed by atoms with Crippen LogP contribution in [0, 0.1) is 0 Å². The van der Waals surface area contributed by atoms with Crippen molar-refractivity contribution in [2.75, 3.05) is 38.2 Å². The zero-order valence-electron chi connectivity index (χ0n) is 15.1. The van der Waals surface area contributed by atoms with Gasteiger partial charge in [0.2, 0.25) is 0 Å². The lowest BCUT2D eigenvalue weighted by Crippen LogP contribution is -2.48. The van der Waals surface area contributed by atoms with E-state index in [1.54, 1.807) is 25.3 Å². The Balaban J connectivity index is 1.50. The quantitative estimate of drug-likeness (QED) is 0.715. The smallest absolute Gasteiger partial charge is 0.343 e. The van der Waals surface area contributed by atoms with Gasteiger partial charge < -0.3 is 19.0 Å². The predicted octanol–water partition coefficient (Wildman–Crippen LogP) is 2.76. The second-order valence-corrected chi connectivity index (χ2v) is 6.46. The van der Waals surface area contributed by atoms with Crippen LogP contribution in [-0.4, -0.2) is 44.1 Å². The van der Waals surface area contributed by atoms with Crippen LogP contribution in [0.25, 0.3) is 10.8 Å². The molecule has 0 unspecified atom stereocenters. The summed E-state index contributed by atoms with van der Waals surface area (Å²) in [6, 6.07) is 15.0. The average molecular weight is 364 g/mol. The highest BCUT2D eigenvalue weighted by atomic mass is 16.5. The van der Waals surface area contributed by atoms with E-state index < -0.39 is 5.63 Å². The van der Waals surface area contributed by atoms with Crippen LogP contribution < -0.4 is 15.3 Å². The van der Waals surface area contributed by atoms with Gasteiger partial charge in [-0.25, -0.2) is 4.79 Å². The molecule has 0 bridgehead atoms. The van der Waals surface area contributed by atoms with E-state index >= 15 is 0 Å². The predicted molar refractivity (Wildman–Crippen MR) is 104 cm³/mol. The standard InChI is InChI=1S/C21H20N2O4/c1-26-16-8-6-15(7-9-16)22-10-12-23(13-11-22)20(24)19-14-27-21(25)18-5-3-2-4-17(18)19/h2-9,14H,10-13H2,1H3. The Hall–Kier alpha value is -3.28. The van der Waals surface area contributed by atoms with Crippen molar-refractivity contribution in [3.05, 3.63) is 70.8 Å². The van der Waals surface area contributed by atoms with Crippen LogP contribution in [0.2, 0.25) is 0 Å². The summed E-state index contributed by atoms with van der Waals surface area (Å²) in [4.78, 5) is 28.9. The van der Waals surface area contributed by atoms with Crippen molar-refractivity contribution in [1.29, 1.82) is 0 Å². The molecule has 2 heterocycles. The molecule has 1 aliphatic heterocycles. The molecule has 0 N–H and O–H groups in total. The molecule has 0 radical (unpaired) electrons. The van der Waals surface area contributed by atoms with E-state index in [0.717, 1.165) is 24.5 Å². The largest absolute Gasteiger partial charge is 0.497 e. The molecule has 6 heteroatoms. The third kappa shape index (κ3) is 3.26. The third-order valence-corrected chi connectivity index (χ3v) is 4.96. The van der Waals surface area contributed by atoms with Crippen molar-refractivity contribution >= 4 is 22.4 Å². The van der Waals surface area contributed by atoms with Crippen molar-refractivity contribution in [3.63, 3.8) is 0 Å². The molecule has 0 atom stereocenters. The monoisotopic (exact) mass is 364 g/mol. The molecule has 0 spiro atoms. The molecule has 27 heavy (non-hydrogen) atoms. The number of methoxy groups -OCH3 is 1. The molecule has 3 aromatic rings. The second-order valence-electron chi connectivity index (χ2n) is 6.46. The Morgan fingerprint density at radius 2 is 1.63 bits per heavy atom. The topological polar surface area (TPSA) is 63.0 Å². The molecular weight excluding hydrogens is 344 g/mol. The summed E-state index contributed by atoms with van der Waals surface area (Å²) in [5.74, 6) is 0.717. The number of ether oxygens (including phenoxy) is 1. The minimum atomic E-state index is -0.425. The molecule has 1 aromatic heterocycles. The molecule has 1 amide bonds. The number of rotatable bonds is 3. The number of anilines is 1. The van der Waals surface area contributed by atoms with Crippen LogP contribution in [0.5, 0.6) is 5.75 Å². The van der Waals surface area contributed by atoms with Crippen LogP contribution in [0.1, 0.15) is 10.4 Å². The Morgan fingerprint density at radius 3 is 2.30 bits per heavy atom. The van der Waals surface area contributed by atoms with Crippen molar-refractivity contribution in [1.82, 2.24) is 4.90 Å². The summed E-state index contributed by atoms with van der Waals surface area (Å²) in [6.45, 7) is 2.70. The van der Waals surface area contributed by atoms with Crippen LogP contribution in [0.4, 0.5) is 5.69 Å². The van der Waals surface area contributed by atoms with Crippen molar-refractivity contribution in [2.24, 2.45) is 0 Å². The minimum Gasteiger partial charge on any atom is -0.497 e. The fourth-order valence-corrected chi connectivity index (χ4v) is 3.43. The number of carbonyl (C=O) groups is 1. The Morgan fingerprint density at radius 1 is 0.963 bits per heavy atom. The highest BCUT2D eigenvalue weighted by Crippen LogP contribution is 2.22. The maximum absolute atomic E-state index is 13.0. The van der Waals surface area contributed by atoms with Gasteiger partial charge in [-0.15, -0.1) is 0 Å². The van der Waals surface area contributed by atoms with Crippen LogP contribution in [0.15, 0.2) is 64.0 Å². The Bertz CT molecular complexity index is 1020. The number of piperazine rings is 1. The third-order valence-electron chi connectivity index (χ3n) is 4.96. The van der Waals surface area contributed by atoms with Gasteiger partial charge in [0.1, 0.15) is 12.0 Å². The molecule has 4 rings (SSSR count). The number of amides is 1. The highest BCUT2D eigenvalue weighted by Gasteiger charge is 2.24. The van der Waals surface area contributed by atoms with Crippen molar-refractivity contribution in [3.8, 4) is 5.75 Å². The van der Waals surface area contributed by atoms with E-state index in [1.165, 1.54) is 6.26 Å². The lowest BCUT2D eigenvalue weighted by atomic mass is 10.1. The van der Waals surface area contributed by atoms with E-state index in [-0.39, 0.29) is 5.91 Å². The maximum atomic E-state index is 13.0. The number of hydrogen-bond donors (Lipinski definition) is 0. The average Bonchev–Trinajstić information content (AvgIpc) is 2.74. The van der Waals surface area contributed by atoms with Gasteiger partial charge in [0.25, 0.3) is 5.91 Å². The van der Waals surface area contributed by atoms with Gasteiger partial charge in [-0.2, -0.15) is 0 Å². The molecule has 1 fully saturated rings. The number of fused-ring (bicyclic) bond motifs is 1. The molecule has 6 nitrogen and oxygen atoms in total. The lowest BCUT2D eigenvalue weighted by Gasteiger charge is -2.36. The number of carbonyl (C=O) groups excluding carboxylic acids is 1. The van der Waals surface area contributed by atoms with Gasteiger partial charge in [-0.3, -0.25) is 4.79 Å². The van der Waals surface area contributed by atoms with E-state index in [1.807, 2.05) is 35.2 Å². The van der Waals surface area contributed by atoms with Gasteiger partial charge in [0.15, 0.2) is 0 Å². The van der Waals surface area contributed by atoms with E-state index in [4.69, 9.17) is 9.15 Å². The van der Waals surface area contributed by atoms with Gasteiger partial charge in [-0.1, -0.05) is 18.2 Å². The summed E-state index contributed by atoms with van der Waals surface area (Å²) >= 11 is 0. The summed E-state index contributed by atoms with van der Waals surface area (Å²) < 4.78 is 10.3. The van der Waals surface area contributed by atoms with E-state index in [2.05, 4.69) is 4.90 Å². The summed E-state index contributed by atoms with van der Waals surface area (Å²) in [5, 5.41) is 1.07. The lowest BCUT2D eigenvalue weighted by molar-refractivity contribution is 0.0746. The van der Waals surface area contributed by atoms with Gasteiger partial charge in [0.05, 0.1) is 18.1 Å². The fourth-order valence-electron chi connectivity index (χ4n) is 3.43. The Labute approximate surface area is 156 Å². The first-order chi connectivity index (χ1) is 13.2. The zero-order chi connectivity index (χ0) is 18.8. The Kier molecular flexibility index (Phi) is 4.54. The maximum Gasteiger partial charge on any atom is 0.343 e.